The summed E-state index contributed by atoms with van der Waals surface area (Å²) in [5.41, 5.74) is 6.68. The SMILES string of the molecule is CC(N)C1CCN(C(=O)Cc2ccc(OC(F)F)cc2)CC1.Cl. The van der Waals surface area contributed by atoms with Gasteiger partial charge in [0.1, 0.15) is 5.75 Å². The molecule has 1 heterocycles. The van der Waals surface area contributed by atoms with Crippen LogP contribution in [0.15, 0.2) is 24.3 Å². The van der Waals surface area contributed by atoms with Crippen molar-refractivity contribution in [2.24, 2.45) is 11.7 Å². The Kier molecular flexibility index (Phi) is 7.72. The van der Waals surface area contributed by atoms with Crippen molar-refractivity contribution in [2.45, 2.75) is 38.8 Å². The Labute approximate surface area is 141 Å². The van der Waals surface area contributed by atoms with Crippen molar-refractivity contribution in [2.75, 3.05) is 13.1 Å². The largest absolute Gasteiger partial charge is 0.435 e. The standard InChI is InChI=1S/C16H22F2N2O2.ClH/c1-11(19)13-6-8-20(9-7-13)15(21)10-12-2-4-14(5-3-12)22-16(17)18;/h2-5,11,13,16H,6-10,19H2,1H3;1H. The number of nitrogens with two attached hydrogens (primary N) is 1. The Balaban J connectivity index is 0.00000264. The van der Waals surface area contributed by atoms with Crippen LogP contribution >= 0.6 is 12.4 Å². The number of nitrogens with zero attached hydrogens (tertiary/aromatic N) is 1. The van der Waals surface area contributed by atoms with Crippen LogP contribution in [0.2, 0.25) is 0 Å². The Morgan fingerprint density at radius 1 is 1.30 bits per heavy atom. The van der Waals surface area contributed by atoms with Crippen LogP contribution < -0.4 is 10.5 Å². The molecule has 1 fully saturated rings. The van der Waals surface area contributed by atoms with Crippen LogP contribution in [-0.2, 0) is 11.2 Å². The van der Waals surface area contributed by atoms with Crippen molar-refractivity contribution in [1.29, 1.82) is 0 Å². The number of hydrogen-bond donors (Lipinski definition) is 1. The average Bonchev–Trinajstić information content (AvgIpc) is 2.49. The smallest absolute Gasteiger partial charge is 0.387 e. The van der Waals surface area contributed by atoms with Crippen LogP contribution in [0.4, 0.5) is 8.78 Å². The van der Waals surface area contributed by atoms with E-state index in [1.54, 1.807) is 12.1 Å². The summed E-state index contributed by atoms with van der Waals surface area (Å²) in [4.78, 5) is 14.1. The van der Waals surface area contributed by atoms with Gasteiger partial charge in [0.2, 0.25) is 5.91 Å². The molecule has 1 aromatic rings. The van der Waals surface area contributed by atoms with E-state index in [0.29, 0.717) is 5.92 Å². The topological polar surface area (TPSA) is 55.6 Å². The Hall–Kier alpha value is -1.40. The Morgan fingerprint density at radius 2 is 1.87 bits per heavy atom. The first-order chi connectivity index (χ1) is 10.5. The van der Waals surface area contributed by atoms with Crippen molar-refractivity contribution in [1.82, 2.24) is 4.90 Å². The van der Waals surface area contributed by atoms with E-state index in [-0.39, 0.29) is 36.5 Å². The van der Waals surface area contributed by atoms with Crippen molar-refractivity contribution in [3.63, 3.8) is 0 Å². The second-order valence-corrected chi connectivity index (χ2v) is 5.78. The highest BCUT2D eigenvalue weighted by molar-refractivity contribution is 5.85. The molecular weight excluding hydrogens is 326 g/mol. The highest BCUT2D eigenvalue weighted by atomic mass is 35.5. The molecule has 1 aromatic carbocycles. The van der Waals surface area contributed by atoms with Gasteiger partial charge in [-0.05, 0) is 43.4 Å². The third-order valence-corrected chi connectivity index (χ3v) is 4.14. The van der Waals surface area contributed by atoms with E-state index in [0.717, 1.165) is 31.5 Å². The second kappa shape index (κ2) is 9.03. The number of carbonyl (C=O) groups is 1. The molecule has 0 bridgehead atoms. The van der Waals surface area contributed by atoms with Crippen LogP contribution in [-0.4, -0.2) is 36.5 Å². The summed E-state index contributed by atoms with van der Waals surface area (Å²) in [6, 6.07) is 6.36. The first-order valence-electron chi connectivity index (χ1n) is 7.53. The van der Waals surface area contributed by atoms with Gasteiger partial charge >= 0.3 is 6.61 Å². The molecule has 1 atom stereocenters. The van der Waals surface area contributed by atoms with Crippen LogP contribution in [0, 0.1) is 5.92 Å². The molecule has 1 saturated heterocycles. The van der Waals surface area contributed by atoms with E-state index in [4.69, 9.17) is 5.73 Å². The lowest BCUT2D eigenvalue weighted by molar-refractivity contribution is -0.131. The molecule has 7 heteroatoms. The molecule has 0 spiro atoms. The summed E-state index contributed by atoms with van der Waals surface area (Å²) in [7, 11) is 0. The number of carbonyl (C=O) groups excluding carboxylic acids is 1. The van der Waals surface area contributed by atoms with Gasteiger partial charge in [0.15, 0.2) is 0 Å². The molecule has 0 saturated carbocycles. The molecule has 4 nitrogen and oxygen atoms in total. The first-order valence-corrected chi connectivity index (χ1v) is 7.53. The van der Waals surface area contributed by atoms with Crippen molar-refractivity contribution < 1.29 is 18.3 Å². The second-order valence-electron chi connectivity index (χ2n) is 5.78. The van der Waals surface area contributed by atoms with Gasteiger partial charge in [0, 0.05) is 19.1 Å². The number of amides is 1. The number of ether oxygens (including phenoxy) is 1. The zero-order valence-corrected chi connectivity index (χ0v) is 13.9. The molecule has 23 heavy (non-hydrogen) atoms. The number of likely N-dealkylation sites (tertiary alicyclic amines) is 1. The third kappa shape index (κ3) is 5.95. The van der Waals surface area contributed by atoms with E-state index in [9.17, 15) is 13.6 Å². The number of piperidine rings is 1. The molecule has 0 radical (unpaired) electrons. The predicted molar refractivity (Wildman–Crippen MR) is 87.0 cm³/mol. The summed E-state index contributed by atoms with van der Waals surface area (Å²) in [6.07, 6.45) is 2.15. The zero-order valence-electron chi connectivity index (χ0n) is 13.1. The maximum atomic E-state index is 12.3. The average molecular weight is 349 g/mol. The molecule has 130 valence electrons. The van der Waals surface area contributed by atoms with E-state index < -0.39 is 6.61 Å². The minimum atomic E-state index is -2.83. The lowest BCUT2D eigenvalue weighted by Crippen LogP contribution is -2.43. The van der Waals surface area contributed by atoms with E-state index in [2.05, 4.69) is 4.74 Å². The summed E-state index contributed by atoms with van der Waals surface area (Å²) in [5.74, 6) is 0.643. The number of benzene rings is 1. The summed E-state index contributed by atoms with van der Waals surface area (Å²) in [6.45, 7) is 0.638. The van der Waals surface area contributed by atoms with E-state index in [1.165, 1.54) is 12.1 Å². The minimum Gasteiger partial charge on any atom is -0.435 e. The monoisotopic (exact) mass is 348 g/mol. The molecule has 1 aliphatic rings. The van der Waals surface area contributed by atoms with Crippen LogP contribution in [0.5, 0.6) is 5.75 Å². The van der Waals surface area contributed by atoms with Crippen molar-refractivity contribution in [3.8, 4) is 5.75 Å². The van der Waals surface area contributed by atoms with Gasteiger partial charge in [0.25, 0.3) is 0 Å². The molecule has 0 aromatic heterocycles. The quantitative estimate of drug-likeness (QED) is 0.890. The van der Waals surface area contributed by atoms with Crippen LogP contribution in [0.1, 0.15) is 25.3 Å². The van der Waals surface area contributed by atoms with Gasteiger partial charge in [-0.3, -0.25) is 4.79 Å². The highest BCUT2D eigenvalue weighted by Crippen LogP contribution is 2.21. The molecule has 2 N–H and O–H groups in total. The summed E-state index contributed by atoms with van der Waals surface area (Å²) >= 11 is 0. The Bertz CT molecular complexity index is 489. The Morgan fingerprint density at radius 3 is 2.35 bits per heavy atom. The molecule has 2 rings (SSSR count). The van der Waals surface area contributed by atoms with Crippen LogP contribution in [0.25, 0.3) is 0 Å². The molecule has 1 unspecified atom stereocenters. The summed E-state index contributed by atoms with van der Waals surface area (Å²) in [5, 5.41) is 0. The summed E-state index contributed by atoms with van der Waals surface area (Å²) < 4.78 is 28.4. The lowest BCUT2D eigenvalue weighted by Gasteiger charge is -2.33. The maximum Gasteiger partial charge on any atom is 0.387 e. The van der Waals surface area contributed by atoms with Crippen molar-refractivity contribution in [3.05, 3.63) is 29.8 Å². The molecule has 0 aliphatic carbocycles. The van der Waals surface area contributed by atoms with E-state index >= 15 is 0 Å². The fraction of sp³-hybridized carbons (Fsp3) is 0.562. The number of hydrogen-bond acceptors (Lipinski definition) is 3. The number of alkyl halides is 2. The van der Waals surface area contributed by atoms with Gasteiger partial charge in [-0.25, -0.2) is 0 Å². The maximum absolute atomic E-state index is 12.3. The zero-order chi connectivity index (χ0) is 16.1. The van der Waals surface area contributed by atoms with Crippen molar-refractivity contribution >= 4 is 18.3 Å². The highest BCUT2D eigenvalue weighted by Gasteiger charge is 2.24. The number of halogens is 3. The van der Waals surface area contributed by atoms with E-state index in [1.807, 2.05) is 11.8 Å². The lowest BCUT2D eigenvalue weighted by atomic mass is 9.91. The normalized spacial score (nSPS) is 16.8. The first kappa shape index (κ1) is 19.6. The van der Waals surface area contributed by atoms with Crippen LogP contribution in [0.3, 0.4) is 0 Å². The fourth-order valence-electron chi connectivity index (χ4n) is 2.75. The third-order valence-electron chi connectivity index (χ3n) is 4.14. The number of rotatable bonds is 5. The van der Waals surface area contributed by atoms with Gasteiger partial charge in [-0.1, -0.05) is 12.1 Å². The van der Waals surface area contributed by atoms with Gasteiger partial charge < -0.3 is 15.4 Å². The minimum absolute atomic E-state index is 0. The van der Waals surface area contributed by atoms with Gasteiger partial charge in [-0.15, -0.1) is 12.4 Å². The predicted octanol–water partition coefficient (Wildman–Crippen LogP) is 2.84. The van der Waals surface area contributed by atoms with Gasteiger partial charge in [0.05, 0.1) is 6.42 Å². The molecular formula is C16H23ClF2N2O2. The fourth-order valence-corrected chi connectivity index (χ4v) is 2.75. The van der Waals surface area contributed by atoms with Gasteiger partial charge in [-0.2, -0.15) is 8.78 Å². The molecule has 1 amide bonds. The molecule has 1 aliphatic heterocycles.